The average Bonchev–Trinajstić information content (AvgIpc) is 2.49. The molecule has 2 rings (SSSR count). The quantitative estimate of drug-likeness (QED) is 0.767. The molecule has 2 aromatic heterocycles. The van der Waals surface area contributed by atoms with Gasteiger partial charge in [0.1, 0.15) is 0 Å². The number of carbonyl (C=O) groups is 1. The summed E-state index contributed by atoms with van der Waals surface area (Å²) in [6.45, 7) is 3.67. The highest BCUT2D eigenvalue weighted by atomic mass is 16.4. The summed E-state index contributed by atoms with van der Waals surface area (Å²) in [5, 5.41) is 12.9. The molecule has 6 nitrogen and oxygen atoms in total. The van der Waals surface area contributed by atoms with E-state index in [0.717, 1.165) is 11.4 Å². The van der Waals surface area contributed by atoms with Crippen LogP contribution >= 0.6 is 0 Å². The summed E-state index contributed by atoms with van der Waals surface area (Å²) in [5.74, 6) is -0.467. The van der Waals surface area contributed by atoms with E-state index >= 15 is 0 Å². The highest BCUT2D eigenvalue weighted by Crippen LogP contribution is 2.06. The van der Waals surface area contributed by atoms with Crippen molar-refractivity contribution in [3.63, 3.8) is 0 Å². The van der Waals surface area contributed by atoms with Crippen LogP contribution in [-0.2, 0) is 11.2 Å². The van der Waals surface area contributed by atoms with Crippen molar-refractivity contribution < 1.29 is 9.90 Å². The minimum Gasteiger partial charge on any atom is -0.481 e. The summed E-state index contributed by atoms with van der Waals surface area (Å²) in [6, 6.07) is 0. The second-order valence-corrected chi connectivity index (χ2v) is 3.31. The molecule has 0 aliphatic heterocycles. The third-order valence-corrected chi connectivity index (χ3v) is 2.16. The molecular weight excluding hydrogens is 196 g/mol. The minimum absolute atomic E-state index is 0.0989. The molecule has 78 valence electrons. The van der Waals surface area contributed by atoms with Crippen LogP contribution in [-0.4, -0.2) is 30.7 Å². The lowest BCUT2D eigenvalue weighted by molar-refractivity contribution is -0.136. The van der Waals surface area contributed by atoms with Crippen LogP contribution in [0.15, 0.2) is 6.20 Å². The van der Waals surface area contributed by atoms with Crippen molar-refractivity contribution in [1.82, 2.24) is 19.6 Å². The number of hydrogen-bond acceptors (Lipinski definition) is 4. The van der Waals surface area contributed by atoms with Crippen LogP contribution in [0.5, 0.6) is 0 Å². The third kappa shape index (κ3) is 1.65. The normalized spacial score (nSPS) is 10.8. The predicted octanol–water partition coefficient (Wildman–Crippen LogP) is 0.368. The maximum atomic E-state index is 10.6. The van der Waals surface area contributed by atoms with E-state index in [1.807, 2.05) is 13.8 Å². The molecule has 2 heterocycles. The van der Waals surface area contributed by atoms with Gasteiger partial charge < -0.3 is 5.11 Å². The van der Waals surface area contributed by atoms with Crippen LogP contribution in [0.2, 0.25) is 0 Å². The van der Waals surface area contributed by atoms with Crippen LogP contribution < -0.4 is 0 Å². The van der Waals surface area contributed by atoms with Gasteiger partial charge in [0.2, 0.25) is 0 Å². The maximum absolute atomic E-state index is 10.6. The van der Waals surface area contributed by atoms with Gasteiger partial charge in [0.25, 0.3) is 5.78 Å². The van der Waals surface area contributed by atoms with Gasteiger partial charge in [0.15, 0.2) is 0 Å². The van der Waals surface area contributed by atoms with Crippen LogP contribution in [0.4, 0.5) is 0 Å². The fourth-order valence-electron chi connectivity index (χ4n) is 1.28. The van der Waals surface area contributed by atoms with Gasteiger partial charge in [-0.05, 0) is 13.8 Å². The van der Waals surface area contributed by atoms with Crippen LogP contribution in [0, 0.1) is 13.8 Å². The number of aliphatic carboxylic acids is 1. The molecule has 0 saturated carbocycles. The van der Waals surface area contributed by atoms with Crippen molar-refractivity contribution in [3.8, 4) is 0 Å². The van der Waals surface area contributed by atoms with E-state index in [-0.39, 0.29) is 6.42 Å². The number of rotatable bonds is 2. The summed E-state index contributed by atoms with van der Waals surface area (Å²) in [7, 11) is 0. The minimum atomic E-state index is -0.906. The van der Waals surface area contributed by atoms with Gasteiger partial charge in [-0.3, -0.25) is 4.79 Å². The number of carboxylic acids is 1. The third-order valence-electron chi connectivity index (χ3n) is 2.16. The fraction of sp³-hybridized carbons (Fsp3) is 0.333. The summed E-state index contributed by atoms with van der Waals surface area (Å²) < 4.78 is 1.47. The standard InChI is InChI=1S/C9H10N4O2/c1-5-6(2)12-13-7(3-8(14)15)4-10-9(13)11-5/h4H,3H2,1-2H3,(H,14,15). The first-order valence-electron chi connectivity index (χ1n) is 4.47. The van der Waals surface area contributed by atoms with Gasteiger partial charge in [0, 0.05) is 0 Å². The Hall–Kier alpha value is -1.98. The second kappa shape index (κ2) is 3.30. The van der Waals surface area contributed by atoms with E-state index in [2.05, 4.69) is 15.1 Å². The van der Waals surface area contributed by atoms with E-state index in [9.17, 15) is 4.79 Å². The van der Waals surface area contributed by atoms with Crippen molar-refractivity contribution in [1.29, 1.82) is 0 Å². The first-order chi connectivity index (χ1) is 7.08. The maximum Gasteiger partial charge on any atom is 0.309 e. The lowest BCUT2D eigenvalue weighted by Gasteiger charge is -2.00. The Labute approximate surface area is 85.6 Å². The van der Waals surface area contributed by atoms with Crippen molar-refractivity contribution in [2.24, 2.45) is 0 Å². The predicted molar refractivity (Wildman–Crippen MR) is 51.6 cm³/mol. The first kappa shape index (κ1) is 9.57. The molecule has 0 aromatic carbocycles. The van der Waals surface area contributed by atoms with Gasteiger partial charge in [0.05, 0.1) is 29.7 Å². The zero-order valence-electron chi connectivity index (χ0n) is 8.43. The Kier molecular flexibility index (Phi) is 2.11. The molecule has 6 heteroatoms. The van der Waals surface area contributed by atoms with E-state index in [4.69, 9.17) is 5.11 Å². The van der Waals surface area contributed by atoms with Crippen molar-refractivity contribution >= 4 is 11.7 Å². The largest absolute Gasteiger partial charge is 0.481 e. The average molecular weight is 206 g/mol. The molecule has 0 bridgehead atoms. The smallest absolute Gasteiger partial charge is 0.309 e. The molecule has 0 unspecified atom stereocenters. The number of hydrogen-bond donors (Lipinski definition) is 1. The Morgan fingerprint density at radius 1 is 1.47 bits per heavy atom. The van der Waals surface area contributed by atoms with E-state index < -0.39 is 5.97 Å². The summed E-state index contributed by atoms with van der Waals surface area (Å²) in [6.07, 6.45) is 1.39. The lowest BCUT2D eigenvalue weighted by Crippen LogP contribution is -2.07. The van der Waals surface area contributed by atoms with E-state index in [0.29, 0.717) is 11.5 Å². The number of aromatic nitrogens is 4. The Morgan fingerprint density at radius 3 is 2.87 bits per heavy atom. The van der Waals surface area contributed by atoms with Crippen molar-refractivity contribution in [2.45, 2.75) is 20.3 Å². The summed E-state index contributed by atoms with van der Waals surface area (Å²) in [5.41, 5.74) is 2.11. The highest BCUT2D eigenvalue weighted by Gasteiger charge is 2.10. The zero-order valence-corrected chi connectivity index (χ0v) is 8.43. The molecule has 15 heavy (non-hydrogen) atoms. The molecular formula is C9H10N4O2. The van der Waals surface area contributed by atoms with Gasteiger partial charge in [-0.2, -0.15) is 5.10 Å². The Morgan fingerprint density at radius 2 is 2.20 bits per heavy atom. The van der Waals surface area contributed by atoms with Crippen LogP contribution in [0.1, 0.15) is 17.1 Å². The highest BCUT2D eigenvalue weighted by molar-refractivity contribution is 5.69. The first-order valence-corrected chi connectivity index (χ1v) is 4.47. The molecule has 0 radical (unpaired) electrons. The number of fused-ring (bicyclic) bond motifs is 1. The number of imidazole rings is 1. The van der Waals surface area contributed by atoms with Gasteiger partial charge in [-0.15, -0.1) is 0 Å². The lowest BCUT2D eigenvalue weighted by atomic mass is 10.3. The molecule has 0 atom stereocenters. The molecule has 2 aromatic rings. The van der Waals surface area contributed by atoms with Gasteiger partial charge >= 0.3 is 5.97 Å². The monoisotopic (exact) mass is 206 g/mol. The van der Waals surface area contributed by atoms with Gasteiger partial charge in [-0.25, -0.2) is 14.5 Å². The topological polar surface area (TPSA) is 80.4 Å². The van der Waals surface area contributed by atoms with Crippen molar-refractivity contribution in [2.75, 3.05) is 0 Å². The number of aryl methyl sites for hydroxylation is 2. The molecule has 0 aliphatic carbocycles. The molecule has 0 spiro atoms. The van der Waals surface area contributed by atoms with E-state index in [1.54, 1.807) is 0 Å². The molecule has 0 aliphatic rings. The summed E-state index contributed by atoms with van der Waals surface area (Å²) >= 11 is 0. The molecule has 0 saturated heterocycles. The van der Waals surface area contributed by atoms with Gasteiger partial charge in [-0.1, -0.05) is 0 Å². The number of nitrogens with zero attached hydrogens (tertiary/aromatic N) is 4. The molecule has 0 fully saturated rings. The fourth-order valence-corrected chi connectivity index (χ4v) is 1.28. The molecule has 0 amide bonds. The SMILES string of the molecule is Cc1nc2ncc(CC(=O)O)n2nc1C. The van der Waals surface area contributed by atoms with Crippen LogP contribution in [0.25, 0.3) is 5.78 Å². The van der Waals surface area contributed by atoms with E-state index in [1.165, 1.54) is 10.7 Å². The Balaban J connectivity index is 2.59. The zero-order chi connectivity index (χ0) is 11.0. The second-order valence-electron chi connectivity index (χ2n) is 3.31. The van der Waals surface area contributed by atoms with Crippen LogP contribution in [0.3, 0.4) is 0 Å². The molecule has 1 N–H and O–H groups in total. The Bertz CT molecular complexity index is 532. The summed E-state index contributed by atoms with van der Waals surface area (Å²) in [4.78, 5) is 18.8. The number of carboxylic acid groups (broad SMARTS) is 1. The van der Waals surface area contributed by atoms with Crippen molar-refractivity contribution in [3.05, 3.63) is 23.3 Å².